The molecule has 0 aliphatic carbocycles. The van der Waals surface area contributed by atoms with Crippen molar-refractivity contribution in [2.75, 3.05) is 88.8 Å². The molecule has 0 aromatic carbocycles. The number of halogens is 2. The number of anilines is 2. The van der Waals surface area contributed by atoms with Gasteiger partial charge >= 0.3 is 0 Å². The van der Waals surface area contributed by atoms with E-state index in [2.05, 4.69) is 30.2 Å². The predicted octanol–water partition coefficient (Wildman–Crippen LogP) is 1.97. The van der Waals surface area contributed by atoms with Crippen LogP contribution in [0.3, 0.4) is 0 Å². The fraction of sp³-hybridized carbons (Fsp3) is 0.600. The predicted molar refractivity (Wildman–Crippen MR) is 122 cm³/mol. The Balaban J connectivity index is 1.50. The number of aromatic nitrogens is 4. The van der Waals surface area contributed by atoms with Gasteiger partial charge in [0.05, 0.1) is 52.9 Å². The van der Waals surface area contributed by atoms with E-state index in [-0.39, 0.29) is 0 Å². The number of nitrogens with zero attached hydrogens (tertiary/aromatic N) is 6. The van der Waals surface area contributed by atoms with E-state index < -0.39 is 0 Å². The lowest BCUT2D eigenvalue weighted by Crippen LogP contribution is -2.34. The third-order valence-electron chi connectivity index (χ3n) is 4.65. The van der Waals surface area contributed by atoms with Crippen molar-refractivity contribution < 1.29 is 18.9 Å². The highest BCUT2D eigenvalue weighted by Gasteiger charge is 2.11. The summed E-state index contributed by atoms with van der Waals surface area (Å²) < 4.78 is 22.9. The van der Waals surface area contributed by atoms with Crippen LogP contribution in [0.15, 0.2) is 24.3 Å². The molecule has 1 fully saturated rings. The standard InChI is InChI=1S/C20H28Cl2N6O4/c21-17-1-3-19(25-23-17)27-5-9-29-13-15-31-11-7-28(20-4-2-18(22)24-26-20)8-12-32-16-14-30-10-6-27/h1-4H,5-16H2. The molecule has 12 heteroatoms. The summed E-state index contributed by atoms with van der Waals surface area (Å²) in [6.07, 6.45) is 0. The topological polar surface area (TPSA) is 95.0 Å². The molecule has 0 saturated carbocycles. The maximum atomic E-state index is 5.85. The molecule has 32 heavy (non-hydrogen) atoms. The monoisotopic (exact) mass is 486 g/mol. The minimum atomic E-state index is 0.360. The molecule has 0 amide bonds. The molecule has 0 spiro atoms. The van der Waals surface area contributed by atoms with E-state index in [1.165, 1.54) is 0 Å². The largest absolute Gasteiger partial charge is 0.377 e. The molecule has 1 saturated heterocycles. The van der Waals surface area contributed by atoms with E-state index in [4.69, 9.17) is 42.1 Å². The third-order valence-corrected chi connectivity index (χ3v) is 5.05. The van der Waals surface area contributed by atoms with E-state index in [1.54, 1.807) is 12.1 Å². The summed E-state index contributed by atoms with van der Waals surface area (Å²) in [4.78, 5) is 4.11. The first-order valence-corrected chi connectivity index (χ1v) is 11.3. The van der Waals surface area contributed by atoms with Crippen molar-refractivity contribution >= 4 is 34.8 Å². The quantitative estimate of drug-likeness (QED) is 0.626. The summed E-state index contributed by atoms with van der Waals surface area (Å²) in [6.45, 7) is 6.73. The highest BCUT2D eigenvalue weighted by Crippen LogP contribution is 2.13. The molecule has 0 N–H and O–H groups in total. The first kappa shape index (κ1) is 24.8. The van der Waals surface area contributed by atoms with Crippen molar-refractivity contribution in [3.8, 4) is 0 Å². The van der Waals surface area contributed by atoms with Gasteiger partial charge in [0.1, 0.15) is 0 Å². The van der Waals surface area contributed by atoms with Crippen LogP contribution in [0.2, 0.25) is 10.3 Å². The van der Waals surface area contributed by atoms with E-state index in [9.17, 15) is 0 Å². The minimum absolute atomic E-state index is 0.360. The van der Waals surface area contributed by atoms with Crippen LogP contribution in [0.5, 0.6) is 0 Å². The van der Waals surface area contributed by atoms with Crippen LogP contribution in [0.4, 0.5) is 11.6 Å². The van der Waals surface area contributed by atoms with Gasteiger partial charge in [-0.05, 0) is 24.3 Å². The van der Waals surface area contributed by atoms with Gasteiger partial charge in [-0.15, -0.1) is 20.4 Å². The Kier molecular flexibility index (Phi) is 11.1. The maximum Gasteiger partial charge on any atom is 0.151 e. The summed E-state index contributed by atoms with van der Waals surface area (Å²) in [5.41, 5.74) is 0. The van der Waals surface area contributed by atoms with Crippen LogP contribution in [0.25, 0.3) is 0 Å². The normalized spacial score (nSPS) is 18.7. The first-order chi connectivity index (χ1) is 15.7. The second-order valence-corrected chi connectivity index (χ2v) is 7.63. The molecule has 0 bridgehead atoms. The Hall–Kier alpha value is -1.82. The van der Waals surface area contributed by atoms with Crippen molar-refractivity contribution in [2.45, 2.75) is 0 Å². The second-order valence-electron chi connectivity index (χ2n) is 6.85. The van der Waals surface area contributed by atoms with Crippen molar-refractivity contribution in [3.05, 3.63) is 34.6 Å². The van der Waals surface area contributed by atoms with Crippen molar-refractivity contribution in [1.82, 2.24) is 20.4 Å². The molecule has 1 aliphatic rings. The van der Waals surface area contributed by atoms with Crippen LogP contribution in [-0.2, 0) is 18.9 Å². The Bertz CT molecular complexity index is 686. The lowest BCUT2D eigenvalue weighted by Gasteiger charge is -2.24. The summed E-state index contributed by atoms with van der Waals surface area (Å²) >= 11 is 11.7. The zero-order valence-corrected chi connectivity index (χ0v) is 19.4. The molecule has 1 aliphatic heterocycles. The second kappa shape index (κ2) is 14.4. The first-order valence-electron chi connectivity index (χ1n) is 10.5. The van der Waals surface area contributed by atoms with Crippen LogP contribution in [0.1, 0.15) is 0 Å². The van der Waals surface area contributed by atoms with Gasteiger partial charge in [0.15, 0.2) is 21.9 Å². The van der Waals surface area contributed by atoms with Crippen LogP contribution < -0.4 is 9.80 Å². The van der Waals surface area contributed by atoms with Crippen LogP contribution in [0, 0.1) is 0 Å². The van der Waals surface area contributed by atoms with Gasteiger partial charge in [-0.1, -0.05) is 23.2 Å². The molecular weight excluding hydrogens is 459 g/mol. The molecule has 176 valence electrons. The Morgan fingerprint density at radius 1 is 0.500 bits per heavy atom. The van der Waals surface area contributed by atoms with Gasteiger partial charge < -0.3 is 28.7 Å². The highest BCUT2D eigenvalue weighted by atomic mass is 35.5. The number of hydrogen-bond donors (Lipinski definition) is 0. The van der Waals surface area contributed by atoms with Crippen LogP contribution >= 0.6 is 23.2 Å². The van der Waals surface area contributed by atoms with Crippen molar-refractivity contribution in [2.24, 2.45) is 0 Å². The zero-order valence-electron chi connectivity index (χ0n) is 17.9. The fourth-order valence-corrected chi connectivity index (χ4v) is 3.18. The van der Waals surface area contributed by atoms with Crippen LogP contribution in [-0.4, -0.2) is 99.4 Å². The summed E-state index contributed by atoms with van der Waals surface area (Å²) in [7, 11) is 0. The Labute approximate surface area is 197 Å². The van der Waals surface area contributed by atoms with Gasteiger partial charge in [0.2, 0.25) is 0 Å². The van der Waals surface area contributed by atoms with Crippen molar-refractivity contribution in [1.29, 1.82) is 0 Å². The van der Waals surface area contributed by atoms with E-state index in [0.29, 0.717) is 89.3 Å². The molecule has 10 nitrogen and oxygen atoms in total. The summed E-state index contributed by atoms with van der Waals surface area (Å²) in [5, 5.41) is 16.9. The average molecular weight is 487 g/mol. The average Bonchev–Trinajstić information content (AvgIpc) is 2.80. The summed E-state index contributed by atoms with van der Waals surface area (Å²) in [6, 6.07) is 7.12. The van der Waals surface area contributed by atoms with E-state index in [1.807, 2.05) is 12.1 Å². The van der Waals surface area contributed by atoms with Gasteiger partial charge in [-0.25, -0.2) is 0 Å². The van der Waals surface area contributed by atoms with Gasteiger partial charge in [-0.2, -0.15) is 0 Å². The number of hydrogen-bond acceptors (Lipinski definition) is 10. The van der Waals surface area contributed by atoms with Gasteiger partial charge in [0.25, 0.3) is 0 Å². The smallest absolute Gasteiger partial charge is 0.151 e. The molecular formula is C20H28Cl2N6O4. The maximum absolute atomic E-state index is 5.85. The van der Waals surface area contributed by atoms with E-state index >= 15 is 0 Å². The lowest BCUT2D eigenvalue weighted by molar-refractivity contribution is 0.0434. The minimum Gasteiger partial charge on any atom is -0.377 e. The fourth-order valence-electron chi connectivity index (χ4n) is 2.98. The molecule has 3 heterocycles. The number of ether oxygens (including phenoxy) is 4. The zero-order chi connectivity index (χ0) is 22.4. The third kappa shape index (κ3) is 8.97. The Morgan fingerprint density at radius 2 is 0.844 bits per heavy atom. The molecule has 3 rings (SSSR count). The molecule has 2 aromatic heterocycles. The molecule has 0 unspecified atom stereocenters. The van der Waals surface area contributed by atoms with E-state index in [0.717, 1.165) is 11.6 Å². The Morgan fingerprint density at radius 3 is 1.12 bits per heavy atom. The highest BCUT2D eigenvalue weighted by molar-refractivity contribution is 6.29. The van der Waals surface area contributed by atoms with Gasteiger partial charge in [-0.3, -0.25) is 0 Å². The molecule has 2 aromatic rings. The summed E-state index contributed by atoms with van der Waals surface area (Å²) in [5.74, 6) is 1.46. The lowest BCUT2D eigenvalue weighted by atomic mass is 10.4. The molecule has 0 radical (unpaired) electrons. The SMILES string of the molecule is Clc1ccc(N2CCOCCOCCN(c3ccc(Cl)nn3)CCOCCOCC2)nn1. The molecule has 0 atom stereocenters. The van der Waals surface area contributed by atoms with Gasteiger partial charge in [0, 0.05) is 26.2 Å². The number of rotatable bonds is 2. The van der Waals surface area contributed by atoms with Crippen molar-refractivity contribution in [3.63, 3.8) is 0 Å².